The van der Waals surface area contributed by atoms with E-state index in [0.29, 0.717) is 23.5 Å². The molecule has 0 saturated carbocycles. The molecule has 0 aliphatic carbocycles. The maximum atomic E-state index is 14.1. The van der Waals surface area contributed by atoms with E-state index >= 15 is 0 Å². The molecule has 2 aromatic rings. The van der Waals surface area contributed by atoms with Gasteiger partial charge in [-0.25, -0.2) is 19.7 Å². The van der Waals surface area contributed by atoms with Crippen molar-refractivity contribution in [2.75, 3.05) is 22.3 Å². The second-order valence-corrected chi connectivity index (χ2v) is 7.13. The van der Waals surface area contributed by atoms with Crippen LogP contribution in [-0.2, 0) is 4.84 Å². The van der Waals surface area contributed by atoms with Gasteiger partial charge in [-0.15, -0.1) is 0 Å². The standard InChI is InChI=1S/C20H20FN5O2.Na.H/c1-11-6-14(7-12(2)18(11)21)24-20-23-9-13(3)19(25-28-20)26(20)15-4-5-17-16(8-15)22-10-27-17;;/h4-9,22,24-25H,10H2,1-3H3;;. The quantitative estimate of drug-likeness (QED) is 0.683. The van der Waals surface area contributed by atoms with Crippen LogP contribution in [0.3, 0.4) is 0 Å². The number of hydrogen-bond donors (Lipinski definition) is 3. The van der Waals surface area contributed by atoms with Gasteiger partial charge in [-0.2, -0.15) is 0 Å². The summed E-state index contributed by atoms with van der Waals surface area (Å²) in [6, 6.07) is 9.35. The Morgan fingerprint density at radius 3 is 2.69 bits per heavy atom. The number of halogens is 1. The van der Waals surface area contributed by atoms with Crippen LogP contribution in [0.25, 0.3) is 0 Å². The van der Waals surface area contributed by atoms with E-state index in [2.05, 4.69) is 21.1 Å². The minimum atomic E-state index is -1.22. The van der Waals surface area contributed by atoms with Gasteiger partial charge in [-0.3, -0.25) is 4.90 Å². The zero-order chi connectivity index (χ0) is 19.5. The molecule has 1 atom stereocenters. The van der Waals surface area contributed by atoms with E-state index < -0.39 is 5.97 Å². The molecule has 0 aromatic heterocycles. The molecule has 5 rings (SSSR count). The Labute approximate surface area is 190 Å². The van der Waals surface area contributed by atoms with Crippen molar-refractivity contribution in [1.29, 1.82) is 0 Å². The number of nitrogens with zero attached hydrogens (tertiary/aromatic N) is 2. The third-order valence-corrected chi connectivity index (χ3v) is 5.08. The zero-order valence-electron chi connectivity index (χ0n) is 15.8. The van der Waals surface area contributed by atoms with Gasteiger partial charge in [0.1, 0.15) is 17.4 Å². The molecule has 3 N–H and O–H groups in total. The second kappa shape index (κ2) is 7.21. The summed E-state index contributed by atoms with van der Waals surface area (Å²) in [5.74, 6) is 0.165. The van der Waals surface area contributed by atoms with Crippen molar-refractivity contribution in [2.45, 2.75) is 26.7 Å². The molecule has 1 saturated heterocycles. The Bertz CT molecular complexity index is 1030. The van der Waals surface area contributed by atoms with Gasteiger partial charge >= 0.3 is 35.5 Å². The summed E-state index contributed by atoms with van der Waals surface area (Å²) in [6.45, 7) is 5.88. The number of rotatable bonds is 3. The van der Waals surface area contributed by atoms with E-state index in [1.165, 1.54) is 0 Å². The van der Waals surface area contributed by atoms with Gasteiger partial charge in [-0.1, -0.05) is 0 Å². The van der Waals surface area contributed by atoms with E-state index in [-0.39, 0.29) is 35.4 Å². The number of hydrogen-bond acceptors (Lipinski definition) is 7. The van der Waals surface area contributed by atoms with Crippen molar-refractivity contribution in [1.82, 2.24) is 5.48 Å². The van der Waals surface area contributed by atoms with Gasteiger partial charge in [0.05, 0.1) is 11.4 Å². The van der Waals surface area contributed by atoms with Gasteiger partial charge in [0.2, 0.25) is 0 Å². The molecule has 2 bridgehead atoms. The molecule has 146 valence electrons. The summed E-state index contributed by atoms with van der Waals surface area (Å²) in [7, 11) is 0. The Morgan fingerprint density at radius 1 is 1.17 bits per heavy atom. The van der Waals surface area contributed by atoms with Crippen LogP contribution >= 0.6 is 0 Å². The number of allylic oxidation sites excluding steroid dienone is 1. The predicted molar refractivity (Wildman–Crippen MR) is 113 cm³/mol. The fourth-order valence-electron chi connectivity index (χ4n) is 3.69. The van der Waals surface area contributed by atoms with Crippen molar-refractivity contribution in [3.8, 4) is 5.75 Å². The molecule has 3 aliphatic heterocycles. The first kappa shape index (κ1) is 20.0. The van der Waals surface area contributed by atoms with E-state index in [1.807, 2.05) is 30.0 Å². The molecule has 29 heavy (non-hydrogen) atoms. The minimum absolute atomic E-state index is 0. The molecule has 3 heterocycles. The van der Waals surface area contributed by atoms with Crippen LogP contribution in [0.4, 0.5) is 21.5 Å². The van der Waals surface area contributed by atoms with E-state index in [0.717, 1.165) is 28.5 Å². The number of nitrogens with one attached hydrogen (secondary N) is 3. The van der Waals surface area contributed by atoms with Gasteiger partial charge in [-0.05, 0) is 62.2 Å². The molecular weight excluding hydrogens is 384 g/mol. The third kappa shape index (κ3) is 3.16. The number of aliphatic imine (C=N–C) groups is 1. The van der Waals surface area contributed by atoms with Crippen LogP contribution in [0.1, 0.15) is 18.1 Å². The van der Waals surface area contributed by atoms with Gasteiger partial charge in [0.15, 0.2) is 6.73 Å². The molecule has 1 fully saturated rings. The molecule has 0 spiro atoms. The normalized spacial score (nSPS) is 21.2. The average molecular weight is 405 g/mol. The van der Waals surface area contributed by atoms with Crippen LogP contribution in [0, 0.1) is 19.7 Å². The number of aryl methyl sites for hydroxylation is 2. The molecule has 0 amide bonds. The third-order valence-electron chi connectivity index (χ3n) is 5.08. The molecule has 7 nitrogen and oxygen atoms in total. The zero-order valence-corrected chi connectivity index (χ0v) is 15.8. The van der Waals surface area contributed by atoms with Gasteiger partial charge < -0.3 is 15.4 Å². The Morgan fingerprint density at radius 2 is 1.93 bits per heavy atom. The van der Waals surface area contributed by atoms with Crippen molar-refractivity contribution < 1.29 is 14.0 Å². The van der Waals surface area contributed by atoms with Crippen molar-refractivity contribution >= 4 is 52.8 Å². The van der Waals surface area contributed by atoms with E-state index in [9.17, 15) is 4.39 Å². The second-order valence-electron chi connectivity index (χ2n) is 7.13. The first-order valence-corrected chi connectivity index (χ1v) is 9.03. The molecule has 0 radical (unpaired) electrons. The topological polar surface area (TPSA) is 70.2 Å². The molecular formula is C20H21FN5NaO2. The molecule has 2 aromatic carbocycles. The first-order chi connectivity index (χ1) is 13.5. The molecule has 9 heteroatoms. The fourth-order valence-corrected chi connectivity index (χ4v) is 3.69. The predicted octanol–water partition coefficient (Wildman–Crippen LogP) is 2.94. The number of fused-ring (bicyclic) bond motifs is 3. The van der Waals surface area contributed by atoms with Crippen LogP contribution in [0.15, 0.2) is 46.7 Å². The summed E-state index contributed by atoms with van der Waals surface area (Å²) >= 11 is 0. The molecule has 1 unspecified atom stereocenters. The first-order valence-electron chi connectivity index (χ1n) is 9.03. The summed E-state index contributed by atoms with van der Waals surface area (Å²) in [6.07, 6.45) is 1.76. The molecule has 3 aliphatic rings. The Kier molecular flexibility index (Phi) is 4.98. The number of anilines is 3. The van der Waals surface area contributed by atoms with Crippen molar-refractivity contribution in [3.05, 3.63) is 58.7 Å². The maximum absolute atomic E-state index is 14.1. The number of ether oxygens (including phenoxy) is 1. The van der Waals surface area contributed by atoms with E-state index in [1.54, 1.807) is 32.2 Å². The van der Waals surface area contributed by atoms with Crippen LogP contribution < -0.4 is 25.8 Å². The summed E-state index contributed by atoms with van der Waals surface area (Å²) in [4.78, 5) is 12.5. The van der Waals surface area contributed by atoms with Gasteiger partial charge in [0, 0.05) is 17.5 Å². The fraction of sp³-hybridized carbons (Fsp3) is 0.250. The Hall–Kier alpha value is -2.26. The average Bonchev–Trinajstić information content (AvgIpc) is 3.24. The summed E-state index contributed by atoms with van der Waals surface area (Å²) in [5, 5.41) is 6.52. The van der Waals surface area contributed by atoms with E-state index in [4.69, 9.17) is 9.57 Å². The SMILES string of the molecule is CC1=C2NOC(Nc3cc(C)c(F)c(C)c3)(N=C1)N2c1ccc2c(c1)NCO2.[NaH]. The monoisotopic (exact) mass is 405 g/mol. The summed E-state index contributed by atoms with van der Waals surface area (Å²) in [5.41, 5.74) is 7.52. The van der Waals surface area contributed by atoms with Crippen molar-refractivity contribution in [2.24, 2.45) is 4.99 Å². The van der Waals surface area contributed by atoms with Crippen molar-refractivity contribution in [3.63, 3.8) is 0 Å². The number of hydroxylamine groups is 1. The van der Waals surface area contributed by atoms with Crippen LogP contribution in [0.2, 0.25) is 0 Å². The Balaban J connectivity index is 0.00000205. The summed E-state index contributed by atoms with van der Waals surface area (Å²) < 4.78 is 19.6. The number of benzene rings is 2. The van der Waals surface area contributed by atoms with Gasteiger partial charge in [0.25, 0.3) is 0 Å². The van der Waals surface area contributed by atoms with Crippen LogP contribution in [0.5, 0.6) is 5.75 Å². The van der Waals surface area contributed by atoms with Crippen LogP contribution in [-0.4, -0.2) is 48.5 Å².